The zero-order valence-electron chi connectivity index (χ0n) is 14.3. The number of aromatic nitrogens is 1. The Labute approximate surface area is 147 Å². The van der Waals surface area contributed by atoms with E-state index in [2.05, 4.69) is 15.2 Å². The molecule has 1 aliphatic heterocycles. The molecule has 2 aromatic rings. The predicted molar refractivity (Wildman–Crippen MR) is 94.8 cm³/mol. The largest absolute Gasteiger partial charge is 0.358 e. The van der Waals surface area contributed by atoms with Crippen LogP contribution in [0.4, 0.5) is 0 Å². The summed E-state index contributed by atoms with van der Waals surface area (Å²) in [6, 6.07) is 13.2. The van der Waals surface area contributed by atoms with Gasteiger partial charge in [0.15, 0.2) is 0 Å². The highest BCUT2D eigenvalue weighted by molar-refractivity contribution is 5.94. The molecule has 130 valence electrons. The van der Waals surface area contributed by atoms with E-state index in [1.165, 1.54) is 0 Å². The Hall–Kier alpha value is -2.73. The molecule has 1 aliphatic rings. The van der Waals surface area contributed by atoms with E-state index >= 15 is 0 Å². The monoisotopic (exact) mass is 338 g/mol. The summed E-state index contributed by atoms with van der Waals surface area (Å²) in [5, 5.41) is 2.72. The molecule has 3 rings (SSSR count). The van der Waals surface area contributed by atoms with Crippen molar-refractivity contribution in [3.63, 3.8) is 0 Å². The molecule has 0 radical (unpaired) electrons. The second-order valence-corrected chi connectivity index (χ2v) is 6.08. The SMILES string of the molecule is CNC(=O)C1CN(C(=O)c2cccnc2)CCN1Cc1ccccc1. The molecule has 25 heavy (non-hydrogen) atoms. The maximum atomic E-state index is 12.7. The number of nitrogens with one attached hydrogen (secondary N) is 1. The van der Waals surface area contributed by atoms with Crippen LogP contribution < -0.4 is 5.32 Å². The number of pyridine rings is 1. The van der Waals surface area contributed by atoms with Gasteiger partial charge in [-0.25, -0.2) is 0 Å². The number of amides is 2. The molecule has 2 heterocycles. The summed E-state index contributed by atoms with van der Waals surface area (Å²) in [6.07, 6.45) is 3.20. The van der Waals surface area contributed by atoms with Gasteiger partial charge < -0.3 is 10.2 Å². The Kier molecular flexibility index (Phi) is 5.40. The molecular formula is C19H22N4O2. The van der Waals surface area contributed by atoms with Crippen LogP contribution in [0.3, 0.4) is 0 Å². The summed E-state index contributed by atoms with van der Waals surface area (Å²) in [6.45, 7) is 2.31. The fourth-order valence-corrected chi connectivity index (χ4v) is 3.10. The normalized spacial score (nSPS) is 18.0. The molecule has 0 bridgehead atoms. The molecule has 0 saturated carbocycles. The maximum absolute atomic E-state index is 12.7. The van der Waals surface area contributed by atoms with Crippen LogP contribution in [0.15, 0.2) is 54.9 Å². The maximum Gasteiger partial charge on any atom is 0.255 e. The van der Waals surface area contributed by atoms with E-state index in [4.69, 9.17) is 0 Å². The van der Waals surface area contributed by atoms with Crippen molar-refractivity contribution in [3.8, 4) is 0 Å². The zero-order chi connectivity index (χ0) is 17.6. The topological polar surface area (TPSA) is 65.5 Å². The highest BCUT2D eigenvalue weighted by Crippen LogP contribution is 2.16. The van der Waals surface area contributed by atoms with E-state index < -0.39 is 0 Å². The van der Waals surface area contributed by atoms with Gasteiger partial charge in [-0.2, -0.15) is 0 Å². The van der Waals surface area contributed by atoms with Gasteiger partial charge in [-0.3, -0.25) is 19.5 Å². The van der Waals surface area contributed by atoms with E-state index in [0.29, 0.717) is 31.7 Å². The number of nitrogens with zero attached hydrogens (tertiary/aromatic N) is 3. The van der Waals surface area contributed by atoms with Gasteiger partial charge >= 0.3 is 0 Å². The second kappa shape index (κ2) is 7.90. The first-order chi connectivity index (χ1) is 12.2. The molecule has 6 heteroatoms. The first-order valence-corrected chi connectivity index (χ1v) is 8.38. The number of hydrogen-bond donors (Lipinski definition) is 1. The van der Waals surface area contributed by atoms with Crippen LogP contribution >= 0.6 is 0 Å². The molecule has 0 spiro atoms. The van der Waals surface area contributed by atoms with Crippen LogP contribution in [0.1, 0.15) is 15.9 Å². The van der Waals surface area contributed by atoms with Gasteiger partial charge in [-0.05, 0) is 17.7 Å². The summed E-state index contributed by atoms with van der Waals surface area (Å²) in [7, 11) is 1.63. The molecule has 1 unspecified atom stereocenters. The van der Waals surface area contributed by atoms with Crippen LogP contribution in [0.2, 0.25) is 0 Å². The minimum atomic E-state index is -0.362. The number of benzene rings is 1. The molecule has 1 saturated heterocycles. The van der Waals surface area contributed by atoms with Crippen LogP contribution in [-0.2, 0) is 11.3 Å². The van der Waals surface area contributed by atoms with Gasteiger partial charge in [0.2, 0.25) is 5.91 Å². The van der Waals surface area contributed by atoms with E-state index in [-0.39, 0.29) is 17.9 Å². The summed E-state index contributed by atoms with van der Waals surface area (Å²) in [4.78, 5) is 32.9. The molecule has 1 fully saturated rings. The lowest BCUT2D eigenvalue weighted by atomic mass is 10.1. The third kappa shape index (κ3) is 4.03. The first kappa shape index (κ1) is 17.1. The van der Waals surface area contributed by atoms with Crippen molar-refractivity contribution < 1.29 is 9.59 Å². The van der Waals surface area contributed by atoms with E-state index in [1.54, 1.807) is 36.5 Å². The highest BCUT2D eigenvalue weighted by atomic mass is 16.2. The lowest BCUT2D eigenvalue weighted by molar-refractivity contribution is -0.128. The van der Waals surface area contributed by atoms with Crippen LogP contribution in [0.5, 0.6) is 0 Å². The van der Waals surface area contributed by atoms with Gasteiger partial charge in [-0.1, -0.05) is 30.3 Å². The van der Waals surface area contributed by atoms with Gasteiger partial charge in [0.05, 0.1) is 5.56 Å². The number of rotatable bonds is 4. The van der Waals surface area contributed by atoms with Crippen molar-refractivity contribution >= 4 is 11.8 Å². The van der Waals surface area contributed by atoms with E-state index in [1.807, 2.05) is 30.3 Å². The van der Waals surface area contributed by atoms with Gasteiger partial charge in [-0.15, -0.1) is 0 Å². The van der Waals surface area contributed by atoms with Crippen LogP contribution in [-0.4, -0.2) is 59.3 Å². The number of carbonyl (C=O) groups excluding carboxylic acids is 2. The first-order valence-electron chi connectivity index (χ1n) is 8.38. The van der Waals surface area contributed by atoms with Crippen molar-refractivity contribution in [2.45, 2.75) is 12.6 Å². The minimum Gasteiger partial charge on any atom is -0.358 e. The van der Waals surface area contributed by atoms with Gasteiger partial charge in [0.25, 0.3) is 5.91 Å². The highest BCUT2D eigenvalue weighted by Gasteiger charge is 2.34. The molecule has 1 N–H and O–H groups in total. The molecule has 6 nitrogen and oxygen atoms in total. The van der Waals surface area contributed by atoms with E-state index in [0.717, 1.165) is 5.56 Å². The molecular weight excluding hydrogens is 316 g/mol. The molecule has 1 aromatic heterocycles. The second-order valence-electron chi connectivity index (χ2n) is 6.08. The van der Waals surface area contributed by atoms with E-state index in [9.17, 15) is 9.59 Å². The Balaban J connectivity index is 1.74. The zero-order valence-corrected chi connectivity index (χ0v) is 14.3. The Morgan fingerprint density at radius 2 is 1.96 bits per heavy atom. The number of carbonyl (C=O) groups is 2. The van der Waals surface area contributed by atoms with Gasteiger partial charge in [0, 0.05) is 45.6 Å². The van der Waals surface area contributed by atoms with Gasteiger partial charge in [0.1, 0.15) is 6.04 Å². The molecule has 0 aliphatic carbocycles. The minimum absolute atomic E-state index is 0.0698. The Bertz CT molecular complexity index is 721. The predicted octanol–water partition coefficient (Wildman–Crippen LogP) is 1.15. The Morgan fingerprint density at radius 3 is 2.64 bits per heavy atom. The third-order valence-electron chi connectivity index (χ3n) is 4.46. The van der Waals surface area contributed by atoms with Crippen molar-refractivity contribution in [2.24, 2.45) is 0 Å². The summed E-state index contributed by atoms with van der Waals surface area (Å²) in [5.41, 5.74) is 1.71. The lowest BCUT2D eigenvalue weighted by Crippen LogP contribution is -2.59. The lowest BCUT2D eigenvalue weighted by Gasteiger charge is -2.40. The molecule has 1 aromatic carbocycles. The fraction of sp³-hybridized carbons (Fsp3) is 0.316. The smallest absolute Gasteiger partial charge is 0.255 e. The third-order valence-corrected chi connectivity index (χ3v) is 4.46. The molecule has 1 atom stereocenters. The average Bonchev–Trinajstić information content (AvgIpc) is 2.68. The standard InChI is InChI=1S/C19H22N4O2/c1-20-18(24)17-14-23(19(25)16-8-5-9-21-12-16)11-10-22(17)13-15-6-3-2-4-7-15/h2-9,12,17H,10-11,13-14H2,1H3,(H,20,24). The number of likely N-dealkylation sites (N-methyl/N-ethyl adjacent to an activating group) is 1. The number of piperazine rings is 1. The average molecular weight is 338 g/mol. The summed E-state index contributed by atoms with van der Waals surface area (Å²) in [5.74, 6) is -0.152. The number of hydrogen-bond acceptors (Lipinski definition) is 4. The molecule has 2 amide bonds. The quantitative estimate of drug-likeness (QED) is 0.908. The van der Waals surface area contributed by atoms with Crippen LogP contribution in [0.25, 0.3) is 0 Å². The summed E-state index contributed by atoms with van der Waals surface area (Å²) < 4.78 is 0. The van der Waals surface area contributed by atoms with Crippen molar-refractivity contribution in [3.05, 3.63) is 66.0 Å². The fourth-order valence-electron chi connectivity index (χ4n) is 3.10. The van der Waals surface area contributed by atoms with Crippen molar-refractivity contribution in [2.75, 3.05) is 26.7 Å². The van der Waals surface area contributed by atoms with Crippen molar-refractivity contribution in [1.29, 1.82) is 0 Å². The Morgan fingerprint density at radius 1 is 1.16 bits per heavy atom. The van der Waals surface area contributed by atoms with Crippen LogP contribution in [0, 0.1) is 0 Å². The van der Waals surface area contributed by atoms with Crippen molar-refractivity contribution in [1.82, 2.24) is 20.1 Å². The summed E-state index contributed by atoms with van der Waals surface area (Å²) >= 11 is 0.